The van der Waals surface area contributed by atoms with Crippen LogP contribution < -0.4 is 10.1 Å². The Morgan fingerprint density at radius 1 is 1.25 bits per heavy atom. The molecule has 0 aliphatic carbocycles. The van der Waals surface area contributed by atoms with Gasteiger partial charge in [-0.2, -0.15) is 4.99 Å². The summed E-state index contributed by atoms with van der Waals surface area (Å²) in [4.78, 5) is 17.3. The van der Waals surface area contributed by atoms with Crippen molar-refractivity contribution in [2.45, 2.75) is 6.92 Å². The van der Waals surface area contributed by atoms with Crippen molar-refractivity contribution in [2.75, 3.05) is 0 Å². The maximum Gasteiger partial charge on any atom is 0.257 e. The molecule has 0 aliphatic rings. The quantitative estimate of drug-likeness (QED) is 0.657. The van der Waals surface area contributed by atoms with Gasteiger partial charge in [0.05, 0.1) is 10.2 Å². The molecule has 1 amide bonds. The van der Waals surface area contributed by atoms with Gasteiger partial charge in [-0.05, 0) is 61.1 Å². The predicted molar refractivity (Wildman–Crippen MR) is 103 cm³/mol. The van der Waals surface area contributed by atoms with Crippen molar-refractivity contribution in [2.24, 2.45) is 12.0 Å². The van der Waals surface area contributed by atoms with E-state index in [4.69, 9.17) is 23.8 Å². The fourth-order valence-electron chi connectivity index (χ4n) is 2.23. The van der Waals surface area contributed by atoms with Crippen LogP contribution in [0.3, 0.4) is 0 Å². The lowest BCUT2D eigenvalue weighted by Crippen LogP contribution is -2.29. The number of amides is 1. The third-order valence-electron chi connectivity index (χ3n) is 3.49. The molecule has 24 heavy (non-hydrogen) atoms. The zero-order valence-corrected chi connectivity index (χ0v) is 15.4. The van der Waals surface area contributed by atoms with Crippen molar-refractivity contribution >= 4 is 56.4 Å². The summed E-state index contributed by atoms with van der Waals surface area (Å²) in [5.74, 6) is -0.306. The van der Waals surface area contributed by atoms with Crippen molar-refractivity contribution in [3.8, 4) is 0 Å². The molecule has 0 unspecified atom stereocenters. The minimum absolute atomic E-state index is 0.133. The Morgan fingerprint density at radius 3 is 2.67 bits per heavy atom. The number of benzene rings is 2. The molecular formula is C17H14ClN3OS2. The highest BCUT2D eigenvalue weighted by molar-refractivity contribution is 7.80. The molecule has 4 nitrogen and oxygen atoms in total. The minimum atomic E-state index is -0.306. The lowest BCUT2D eigenvalue weighted by Gasteiger charge is -2.02. The molecule has 1 heterocycles. The Hall–Kier alpha value is -2.02. The van der Waals surface area contributed by atoms with E-state index in [1.54, 1.807) is 24.3 Å². The smallest absolute Gasteiger partial charge is 0.257 e. The van der Waals surface area contributed by atoms with E-state index in [1.807, 2.05) is 18.5 Å². The third-order valence-corrected chi connectivity index (χ3v) is 5.03. The van der Waals surface area contributed by atoms with Crippen LogP contribution in [0.15, 0.2) is 47.5 Å². The van der Waals surface area contributed by atoms with Gasteiger partial charge in [-0.15, -0.1) is 0 Å². The predicted octanol–water partition coefficient (Wildman–Crippen LogP) is 3.82. The lowest BCUT2D eigenvalue weighted by atomic mass is 10.2. The van der Waals surface area contributed by atoms with Gasteiger partial charge in [0.25, 0.3) is 5.91 Å². The molecule has 2 aromatic carbocycles. The van der Waals surface area contributed by atoms with Gasteiger partial charge in [-0.25, -0.2) is 0 Å². The Kier molecular flexibility index (Phi) is 4.80. The van der Waals surface area contributed by atoms with Crippen LogP contribution in [0.4, 0.5) is 0 Å². The number of nitrogens with zero attached hydrogens (tertiary/aromatic N) is 2. The van der Waals surface area contributed by atoms with Gasteiger partial charge in [-0.3, -0.25) is 10.1 Å². The van der Waals surface area contributed by atoms with Crippen LogP contribution in [0, 0.1) is 6.92 Å². The number of halogens is 1. The van der Waals surface area contributed by atoms with E-state index in [1.165, 1.54) is 16.9 Å². The number of thiocarbonyl (C=S) groups is 1. The molecule has 3 aromatic rings. The van der Waals surface area contributed by atoms with Crippen molar-refractivity contribution in [1.82, 2.24) is 9.88 Å². The third kappa shape index (κ3) is 3.56. The Morgan fingerprint density at radius 2 is 1.96 bits per heavy atom. The first-order chi connectivity index (χ1) is 11.4. The maximum atomic E-state index is 12.2. The van der Waals surface area contributed by atoms with E-state index in [0.29, 0.717) is 10.6 Å². The largest absolute Gasteiger partial charge is 0.319 e. The summed E-state index contributed by atoms with van der Waals surface area (Å²) >= 11 is 12.5. The van der Waals surface area contributed by atoms with E-state index in [9.17, 15) is 4.79 Å². The highest BCUT2D eigenvalue weighted by Crippen LogP contribution is 2.17. The van der Waals surface area contributed by atoms with Crippen molar-refractivity contribution in [1.29, 1.82) is 0 Å². The van der Waals surface area contributed by atoms with Gasteiger partial charge in [0.2, 0.25) is 5.11 Å². The van der Waals surface area contributed by atoms with Crippen molar-refractivity contribution in [3.05, 3.63) is 63.4 Å². The maximum absolute atomic E-state index is 12.2. The first-order valence-corrected chi connectivity index (χ1v) is 8.76. The molecule has 0 atom stereocenters. The standard InChI is InChI=1S/C17H14ClN3OS2/c1-10-3-8-13-14(9-10)24-17(21(13)2)20-16(23)19-15(22)11-4-6-12(18)7-5-11/h3-9H,1-2H3,(H,19,22,23). The van der Waals surface area contributed by atoms with Gasteiger partial charge < -0.3 is 4.57 Å². The van der Waals surface area contributed by atoms with Crippen LogP contribution in [-0.4, -0.2) is 15.6 Å². The average molecular weight is 376 g/mol. The van der Waals surface area contributed by atoms with Crippen molar-refractivity contribution < 1.29 is 4.79 Å². The molecule has 0 fully saturated rings. The molecule has 3 rings (SSSR count). The van der Waals surface area contributed by atoms with E-state index in [2.05, 4.69) is 28.5 Å². The Bertz CT molecular complexity index is 1000. The molecule has 1 N–H and O–H groups in total. The fourth-order valence-corrected chi connectivity index (χ4v) is 3.72. The van der Waals surface area contributed by atoms with Crippen LogP contribution in [0.1, 0.15) is 15.9 Å². The summed E-state index contributed by atoms with van der Waals surface area (Å²) in [6.07, 6.45) is 0. The van der Waals surface area contributed by atoms with E-state index >= 15 is 0 Å². The zero-order valence-electron chi connectivity index (χ0n) is 13.0. The molecule has 7 heteroatoms. The highest BCUT2D eigenvalue weighted by atomic mass is 35.5. The first-order valence-electron chi connectivity index (χ1n) is 7.16. The Labute approximate surface area is 153 Å². The number of aryl methyl sites for hydroxylation is 2. The SMILES string of the molecule is Cc1ccc2c(c1)sc(=NC(=S)NC(=O)c1ccc(Cl)cc1)n2C. The van der Waals surface area contributed by atoms with Crippen LogP contribution in [0.25, 0.3) is 10.2 Å². The van der Waals surface area contributed by atoms with Gasteiger partial charge in [-0.1, -0.05) is 29.0 Å². The van der Waals surface area contributed by atoms with Gasteiger partial charge in [0.15, 0.2) is 4.80 Å². The second kappa shape index (κ2) is 6.84. The number of fused-ring (bicyclic) bond motifs is 1. The van der Waals surface area contributed by atoms with Crippen LogP contribution in [0.2, 0.25) is 5.02 Å². The molecule has 0 radical (unpaired) electrons. The molecular weight excluding hydrogens is 362 g/mol. The monoisotopic (exact) mass is 375 g/mol. The van der Waals surface area contributed by atoms with Crippen LogP contribution in [0.5, 0.6) is 0 Å². The number of aromatic nitrogens is 1. The lowest BCUT2D eigenvalue weighted by molar-refractivity contribution is 0.0977. The van der Waals surface area contributed by atoms with Gasteiger partial charge in [0, 0.05) is 17.6 Å². The molecule has 0 saturated carbocycles. The summed E-state index contributed by atoms with van der Waals surface area (Å²) in [6, 6.07) is 12.8. The average Bonchev–Trinajstić information content (AvgIpc) is 2.83. The summed E-state index contributed by atoms with van der Waals surface area (Å²) in [5.41, 5.74) is 2.75. The number of thiazole rings is 1. The summed E-state index contributed by atoms with van der Waals surface area (Å²) in [7, 11) is 1.93. The fraction of sp³-hybridized carbons (Fsp3) is 0.118. The Balaban J connectivity index is 1.85. The normalized spacial score (nSPS) is 11.7. The number of hydrogen-bond donors (Lipinski definition) is 1. The molecule has 1 aromatic heterocycles. The van der Waals surface area contributed by atoms with E-state index in [0.717, 1.165) is 15.0 Å². The van der Waals surface area contributed by atoms with E-state index < -0.39 is 0 Å². The summed E-state index contributed by atoms with van der Waals surface area (Å²) < 4.78 is 3.09. The number of carbonyl (C=O) groups is 1. The van der Waals surface area contributed by atoms with Crippen molar-refractivity contribution in [3.63, 3.8) is 0 Å². The summed E-state index contributed by atoms with van der Waals surface area (Å²) in [5, 5.41) is 3.33. The highest BCUT2D eigenvalue weighted by Gasteiger charge is 2.08. The molecule has 122 valence electrons. The minimum Gasteiger partial charge on any atom is -0.319 e. The van der Waals surface area contributed by atoms with E-state index in [-0.39, 0.29) is 11.0 Å². The molecule has 0 aliphatic heterocycles. The van der Waals surface area contributed by atoms with Gasteiger partial charge >= 0.3 is 0 Å². The number of rotatable bonds is 1. The topological polar surface area (TPSA) is 46.4 Å². The second-order valence-electron chi connectivity index (χ2n) is 5.29. The number of carbonyl (C=O) groups excluding carboxylic acids is 1. The molecule has 0 bridgehead atoms. The van der Waals surface area contributed by atoms with Crippen LogP contribution >= 0.6 is 35.2 Å². The zero-order chi connectivity index (χ0) is 17.3. The first kappa shape index (κ1) is 16.8. The second-order valence-corrected chi connectivity index (χ2v) is 7.13. The molecule has 0 saturated heterocycles. The van der Waals surface area contributed by atoms with Crippen LogP contribution in [-0.2, 0) is 7.05 Å². The number of nitrogens with one attached hydrogen (secondary N) is 1. The molecule has 0 spiro atoms. The van der Waals surface area contributed by atoms with Gasteiger partial charge in [0.1, 0.15) is 0 Å². The number of hydrogen-bond acceptors (Lipinski definition) is 3. The summed E-state index contributed by atoms with van der Waals surface area (Å²) in [6.45, 7) is 2.05.